The highest BCUT2D eigenvalue weighted by Gasteiger charge is 2.37. The first kappa shape index (κ1) is 30.5. The van der Waals surface area contributed by atoms with Crippen molar-refractivity contribution in [1.29, 1.82) is 0 Å². The molecule has 0 aliphatic carbocycles. The van der Waals surface area contributed by atoms with Gasteiger partial charge in [0.1, 0.15) is 11.5 Å². The number of nitrogens with one attached hydrogen (secondary N) is 1. The number of carbonyl (C=O) groups excluding carboxylic acids is 1. The molecule has 0 radical (unpaired) electrons. The molecule has 1 fully saturated rings. The molecule has 0 spiro atoms. The minimum Gasteiger partial charge on any atom is -0.497 e. The van der Waals surface area contributed by atoms with Gasteiger partial charge in [-0.05, 0) is 46.7 Å². The van der Waals surface area contributed by atoms with Crippen LogP contribution in [-0.4, -0.2) is 70.0 Å². The summed E-state index contributed by atoms with van der Waals surface area (Å²) in [6, 6.07) is 16.6. The zero-order valence-electron chi connectivity index (χ0n) is 22.7. The first-order chi connectivity index (χ1) is 18.8. The van der Waals surface area contributed by atoms with Crippen LogP contribution in [0, 0.1) is 0 Å². The maximum absolute atomic E-state index is 13.5. The number of halogens is 3. The summed E-state index contributed by atoms with van der Waals surface area (Å²) < 4.78 is 38.6. The number of hydrogen-bond donors (Lipinski definition) is 1. The smallest absolute Gasteiger partial charge is 0.274 e. The summed E-state index contributed by atoms with van der Waals surface area (Å²) in [6.45, 7) is 5.63. The van der Waals surface area contributed by atoms with Crippen LogP contribution >= 0.6 is 34.8 Å². The molecule has 3 aromatic rings. The monoisotopic (exact) mass is 627 g/mol. The van der Waals surface area contributed by atoms with Gasteiger partial charge in [0, 0.05) is 38.1 Å². The molecule has 1 aliphatic rings. The van der Waals surface area contributed by atoms with Crippen LogP contribution in [0.4, 0.5) is 5.69 Å². The molecule has 1 N–H and O–H groups in total. The number of fused-ring (bicyclic) bond motifs is 1. The molecule has 0 unspecified atom stereocenters. The molecule has 3 aromatic carbocycles. The SMILES string of the molecule is COc1ccc2cccc(C(C)(C)CNS(=O)(=O)c3ccc(OC)c(N4CCN(C(=O)C(Cl)(Cl)Cl)CC4)c3)c2c1. The fourth-order valence-corrected chi connectivity index (χ4v) is 6.43. The minimum atomic E-state index is -3.87. The third-order valence-electron chi connectivity index (χ3n) is 7.13. The van der Waals surface area contributed by atoms with E-state index in [4.69, 9.17) is 44.3 Å². The Hall–Kier alpha value is -2.43. The quantitative estimate of drug-likeness (QED) is 0.348. The Morgan fingerprint density at radius 1 is 0.950 bits per heavy atom. The van der Waals surface area contributed by atoms with Crippen LogP contribution in [-0.2, 0) is 20.2 Å². The number of hydrogen-bond acceptors (Lipinski definition) is 6. The normalized spacial score (nSPS) is 14.9. The van der Waals surface area contributed by atoms with Gasteiger partial charge in [-0.2, -0.15) is 0 Å². The van der Waals surface area contributed by atoms with Gasteiger partial charge < -0.3 is 19.3 Å². The number of rotatable bonds is 8. The standard InChI is InChI=1S/C28H32Cl3N3O5S/c1-27(2,23-7-5-6-19-8-9-20(38-3)16-22(19)23)18-32-40(36,37)21-10-11-25(39-4)24(17-21)33-12-14-34(15-13-33)26(35)28(29,30)31/h5-11,16-17,32H,12-15,18H2,1-4H3. The third-order valence-corrected chi connectivity index (χ3v) is 9.02. The second kappa shape index (κ2) is 11.8. The lowest BCUT2D eigenvalue weighted by Gasteiger charge is -2.37. The summed E-state index contributed by atoms with van der Waals surface area (Å²) in [6.07, 6.45) is 0. The van der Waals surface area contributed by atoms with Gasteiger partial charge in [0.05, 0.1) is 24.8 Å². The number of sulfonamides is 1. The summed E-state index contributed by atoms with van der Waals surface area (Å²) in [5.74, 6) is 0.668. The molecular formula is C28H32Cl3N3O5S. The van der Waals surface area contributed by atoms with Crippen molar-refractivity contribution < 1.29 is 22.7 Å². The Labute approximate surface area is 250 Å². The highest BCUT2D eigenvalue weighted by molar-refractivity contribution is 7.89. The van der Waals surface area contributed by atoms with Gasteiger partial charge in [-0.3, -0.25) is 4.79 Å². The molecule has 1 aliphatic heterocycles. The van der Waals surface area contributed by atoms with Gasteiger partial charge in [-0.25, -0.2) is 13.1 Å². The highest BCUT2D eigenvalue weighted by atomic mass is 35.6. The first-order valence-corrected chi connectivity index (χ1v) is 15.2. The van der Waals surface area contributed by atoms with Crippen LogP contribution in [0.2, 0.25) is 0 Å². The molecule has 0 bridgehead atoms. The molecule has 1 heterocycles. The van der Waals surface area contributed by atoms with Crippen molar-refractivity contribution in [3.8, 4) is 11.5 Å². The van der Waals surface area contributed by atoms with Crippen LogP contribution in [0.15, 0.2) is 59.5 Å². The molecule has 0 aromatic heterocycles. The van der Waals surface area contributed by atoms with E-state index in [1.165, 1.54) is 18.1 Å². The number of alkyl halides is 3. The summed E-state index contributed by atoms with van der Waals surface area (Å²) in [5.41, 5.74) is 1.08. The summed E-state index contributed by atoms with van der Waals surface area (Å²) in [4.78, 5) is 15.9. The van der Waals surface area contributed by atoms with E-state index in [0.717, 1.165) is 22.1 Å². The Balaban J connectivity index is 1.54. The van der Waals surface area contributed by atoms with Crippen molar-refractivity contribution in [3.05, 3.63) is 60.2 Å². The van der Waals surface area contributed by atoms with Crippen molar-refractivity contribution in [2.45, 2.75) is 28.0 Å². The van der Waals surface area contributed by atoms with Crippen molar-refractivity contribution >= 4 is 67.2 Å². The van der Waals surface area contributed by atoms with Crippen LogP contribution in [0.25, 0.3) is 10.8 Å². The van der Waals surface area contributed by atoms with Crippen LogP contribution in [0.3, 0.4) is 0 Å². The number of ether oxygens (including phenoxy) is 2. The zero-order chi connectivity index (χ0) is 29.3. The molecule has 12 heteroatoms. The molecule has 40 heavy (non-hydrogen) atoms. The summed E-state index contributed by atoms with van der Waals surface area (Å²) in [7, 11) is -0.727. The maximum Gasteiger partial charge on any atom is 0.274 e. The maximum atomic E-state index is 13.5. The van der Waals surface area contributed by atoms with Crippen LogP contribution in [0.1, 0.15) is 19.4 Å². The lowest BCUT2D eigenvalue weighted by molar-refractivity contribution is -0.130. The molecule has 8 nitrogen and oxygen atoms in total. The Morgan fingerprint density at radius 3 is 2.27 bits per heavy atom. The predicted octanol–water partition coefficient (Wildman–Crippen LogP) is 5.13. The molecule has 1 amide bonds. The highest BCUT2D eigenvalue weighted by Crippen LogP contribution is 2.35. The topological polar surface area (TPSA) is 88.2 Å². The zero-order valence-corrected chi connectivity index (χ0v) is 25.8. The minimum absolute atomic E-state index is 0.110. The summed E-state index contributed by atoms with van der Waals surface area (Å²) >= 11 is 17.3. The largest absolute Gasteiger partial charge is 0.497 e. The fourth-order valence-electron chi connectivity index (χ4n) is 4.84. The molecule has 216 valence electrons. The van der Waals surface area contributed by atoms with Gasteiger partial charge in [0.2, 0.25) is 10.0 Å². The van der Waals surface area contributed by atoms with E-state index >= 15 is 0 Å². The number of benzene rings is 3. The van der Waals surface area contributed by atoms with E-state index in [2.05, 4.69) is 4.72 Å². The van der Waals surface area contributed by atoms with E-state index in [9.17, 15) is 13.2 Å². The lowest BCUT2D eigenvalue weighted by Crippen LogP contribution is -2.51. The fraction of sp³-hybridized carbons (Fsp3) is 0.393. The van der Waals surface area contributed by atoms with Crippen molar-refractivity contribution in [2.75, 3.05) is 51.8 Å². The van der Waals surface area contributed by atoms with E-state index in [1.807, 2.05) is 55.1 Å². The second-order valence-corrected chi connectivity index (χ2v) is 14.3. The number of carbonyl (C=O) groups is 1. The van der Waals surface area contributed by atoms with Gasteiger partial charge in [0.25, 0.3) is 9.70 Å². The van der Waals surface area contributed by atoms with Crippen LogP contribution in [0.5, 0.6) is 11.5 Å². The van der Waals surface area contributed by atoms with Crippen LogP contribution < -0.4 is 19.1 Å². The van der Waals surface area contributed by atoms with E-state index in [1.54, 1.807) is 19.2 Å². The Morgan fingerprint density at radius 2 is 1.65 bits per heavy atom. The molecule has 0 saturated carbocycles. The van der Waals surface area contributed by atoms with E-state index in [-0.39, 0.29) is 11.4 Å². The second-order valence-electron chi connectivity index (χ2n) is 10.2. The number of amides is 1. The number of methoxy groups -OCH3 is 2. The average Bonchev–Trinajstić information content (AvgIpc) is 2.94. The number of nitrogens with zero attached hydrogens (tertiary/aromatic N) is 2. The van der Waals surface area contributed by atoms with Gasteiger partial charge in [-0.15, -0.1) is 0 Å². The predicted molar refractivity (Wildman–Crippen MR) is 161 cm³/mol. The molecular weight excluding hydrogens is 597 g/mol. The third kappa shape index (κ3) is 6.55. The van der Waals surface area contributed by atoms with Crippen molar-refractivity contribution in [3.63, 3.8) is 0 Å². The first-order valence-electron chi connectivity index (χ1n) is 12.6. The number of piperazine rings is 1. The molecule has 0 atom stereocenters. The van der Waals surface area contributed by atoms with Gasteiger partial charge in [-0.1, -0.05) is 72.9 Å². The van der Waals surface area contributed by atoms with E-state index < -0.39 is 25.1 Å². The molecule has 1 saturated heterocycles. The van der Waals surface area contributed by atoms with Gasteiger partial charge in [0.15, 0.2) is 0 Å². The van der Waals surface area contributed by atoms with Crippen molar-refractivity contribution in [2.24, 2.45) is 0 Å². The number of anilines is 1. The van der Waals surface area contributed by atoms with Gasteiger partial charge >= 0.3 is 0 Å². The Bertz CT molecular complexity index is 1500. The molecule has 4 rings (SSSR count). The Kier molecular flexibility index (Phi) is 9.02. The lowest BCUT2D eigenvalue weighted by atomic mass is 9.82. The van der Waals surface area contributed by atoms with E-state index in [0.29, 0.717) is 37.6 Å². The summed E-state index contributed by atoms with van der Waals surface area (Å²) in [5, 5.41) is 2.05. The average molecular weight is 629 g/mol. The van der Waals surface area contributed by atoms with Crippen molar-refractivity contribution in [1.82, 2.24) is 9.62 Å².